The highest BCUT2D eigenvalue weighted by atomic mass is 35.5. The lowest BCUT2D eigenvalue weighted by Crippen LogP contribution is -2.05. The highest BCUT2D eigenvalue weighted by Gasteiger charge is 2.22. The average Bonchev–Trinajstić information content (AvgIpc) is 2.47. The zero-order valence-electron chi connectivity index (χ0n) is 10.2. The lowest BCUT2D eigenvalue weighted by molar-refractivity contribution is 0.600. The molecule has 6 heteroatoms. The van der Waals surface area contributed by atoms with E-state index >= 15 is 0 Å². The standard InChI is InChI=1S/C14H9ClN2O2S/c15-13-6-2-1-5-11(13)9-12(10-16)20(18,19)14-7-3-4-8-17-14/h1-9H/b12-9-. The molecular formula is C14H9ClN2O2S. The number of halogens is 1. The normalized spacial score (nSPS) is 11.9. The first kappa shape index (κ1) is 14.3. The van der Waals surface area contributed by atoms with Gasteiger partial charge in [-0.1, -0.05) is 35.9 Å². The van der Waals surface area contributed by atoms with Crippen LogP contribution in [0, 0.1) is 11.3 Å². The molecular weight excluding hydrogens is 296 g/mol. The quantitative estimate of drug-likeness (QED) is 0.817. The first-order valence-electron chi connectivity index (χ1n) is 5.58. The van der Waals surface area contributed by atoms with Gasteiger partial charge < -0.3 is 0 Å². The van der Waals surface area contributed by atoms with Gasteiger partial charge in [0.2, 0.25) is 9.84 Å². The van der Waals surface area contributed by atoms with Gasteiger partial charge in [0.15, 0.2) is 9.93 Å². The zero-order valence-corrected chi connectivity index (χ0v) is 11.8. The van der Waals surface area contributed by atoms with Gasteiger partial charge in [-0.3, -0.25) is 0 Å². The van der Waals surface area contributed by atoms with E-state index in [9.17, 15) is 8.42 Å². The molecule has 0 unspecified atom stereocenters. The molecule has 0 spiro atoms. The maximum Gasteiger partial charge on any atom is 0.233 e. The van der Waals surface area contributed by atoms with E-state index in [1.807, 2.05) is 0 Å². The molecule has 0 N–H and O–H groups in total. The molecule has 20 heavy (non-hydrogen) atoms. The molecule has 0 amide bonds. The molecule has 2 rings (SSSR count). The summed E-state index contributed by atoms with van der Waals surface area (Å²) in [5.74, 6) is 0. The number of hydrogen-bond acceptors (Lipinski definition) is 4. The van der Waals surface area contributed by atoms with Gasteiger partial charge in [-0.15, -0.1) is 0 Å². The molecule has 0 aliphatic heterocycles. The molecule has 1 aromatic carbocycles. The van der Waals surface area contributed by atoms with Crippen molar-refractivity contribution in [3.8, 4) is 6.07 Å². The molecule has 2 aromatic rings. The van der Waals surface area contributed by atoms with Gasteiger partial charge in [-0.2, -0.15) is 5.26 Å². The van der Waals surface area contributed by atoms with Gasteiger partial charge in [-0.25, -0.2) is 13.4 Å². The predicted octanol–water partition coefficient (Wildman–Crippen LogP) is 3.07. The molecule has 0 saturated heterocycles. The number of nitriles is 1. The topological polar surface area (TPSA) is 70.8 Å². The van der Waals surface area contributed by atoms with Crippen LogP contribution >= 0.6 is 11.6 Å². The number of nitrogens with zero attached hydrogens (tertiary/aromatic N) is 2. The summed E-state index contributed by atoms with van der Waals surface area (Å²) in [6.45, 7) is 0. The summed E-state index contributed by atoms with van der Waals surface area (Å²) in [6, 6.07) is 12.9. The molecule has 0 aliphatic rings. The van der Waals surface area contributed by atoms with Crippen molar-refractivity contribution in [1.82, 2.24) is 4.98 Å². The van der Waals surface area contributed by atoms with Gasteiger partial charge in [0.25, 0.3) is 0 Å². The summed E-state index contributed by atoms with van der Waals surface area (Å²) >= 11 is 5.96. The number of aromatic nitrogens is 1. The summed E-state index contributed by atoms with van der Waals surface area (Å²) < 4.78 is 24.6. The van der Waals surface area contributed by atoms with E-state index in [-0.39, 0.29) is 5.03 Å². The Morgan fingerprint density at radius 1 is 1.20 bits per heavy atom. The van der Waals surface area contributed by atoms with Gasteiger partial charge in [0.1, 0.15) is 6.07 Å². The van der Waals surface area contributed by atoms with E-state index in [0.717, 1.165) is 0 Å². The van der Waals surface area contributed by atoms with Gasteiger partial charge in [0, 0.05) is 11.2 Å². The number of allylic oxidation sites excluding steroid dienone is 1. The minimum atomic E-state index is -3.94. The fraction of sp³-hybridized carbons (Fsp3) is 0. The van der Waals surface area contributed by atoms with E-state index in [1.165, 1.54) is 18.3 Å². The molecule has 0 aliphatic carbocycles. The Morgan fingerprint density at radius 3 is 2.50 bits per heavy atom. The Kier molecular flexibility index (Phi) is 4.18. The third-order valence-electron chi connectivity index (χ3n) is 2.50. The Hall–Kier alpha value is -2.16. The molecule has 0 radical (unpaired) electrons. The molecule has 1 aromatic heterocycles. The van der Waals surface area contributed by atoms with E-state index in [0.29, 0.717) is 10.6 Å². The van der Waals surface area contributed by atoms with Crippen LogP contribution in [0.2, 0.25) is 5.02 Å². The van der Waals surface area contributed by atoms with Crippen LogP contribution < -0.4 is 0 Å². The second kappa shape index (κ2) is 5.87. The van der Waals surface area contributed by atoms with E-state index < -0.39 is 14.7 Å². The summed E-state index contributed by atoms with van der Waals surface area (Å²) in [7, 11) is -3.94. The molecule has 1 heterocycles. The summed E-state index contributed by atoms with van der Waals surface area (Å²) in [6.07, 6.45) is 2.60. The van der Waals surface area contributed by atoms with Crippen molar-refractivity contribution >= 4 is 27.5 Å². The molecule has 0 fully saturated rings. The SMILES string of the molecule is N#C/C(=C/c1ccccc1Cl)S(=O)(=O)c1ccccn1. The van der Waals surface area contributed by atoms with Crippen molar-refractivity contribution in [2.75, 3.05) is 0 Å². The first-order chi connectivity index (χ1) is 9.55. The van der Waals surface area contributed by atoms with Crippen LogP contribution in [-0.2, 0) is 9.84 Å². The van der Waals surface area contributed by atoms with E-state index in [2.05, 4.69) is 4.98 Å². The average molecular weight is 305 g/mol. The fourth-order valence-electron chi connectivity index (χ4n) is 1.52. The predicted molar refractivity (Wildman–Crippen MR) is 76.5 cm³/mol. The summed E-state index contributed by atoms with van der Waals surface area (Å²) in [4.78, 5) is 3.37. The third kappa shape index (κ3) is 2.87. The smallest absolute Gasteiger partial charge is 0.233 e. The van der Waals surface area contributed by atoms with Crippen LogP contribution in [0.3, 0.4) is 0 Å². The highest BCUT2D eigenvalue weighted by molar-refractivity contribution is 7.95. The van der Waals surface area contributed by atoms with Crippen LogP contribution in [0.25, 0.3) is 6.08 Å². The summed E-state index contributed by atoms with van der Waals surface area (Å²) in [5.41, 5.74) is 0.463. The Morgan fingerprint density at radius 2 is 1.90 bits per heavy atom. The summed E-state index contributed by atoms with van der Waals surface area (Å²) in [5, 5.41) is 9.31. The number of sulfone groups is 1. The van der Waals surface area contributed by atoms with E-state index in [4.69, 9.17) is 16.9 Å². The van der Waals surface area contributed by atoms with Gasteiger partial charge in [-0.05, 0) is 29.8 Å². The van der Waals surface area contributed by atoms with Crippen molar-refractivity contribution in [2.24, 2.45) is 0 Å². The highest BCUT2D eigenvalue weighted by Crippen LogP contribution is 2.23. The number of rotatable bonds is 3. The van der Waals surface area contributed by atoms with Crippen molar-refractivity contribution in [2.45, 2.75) is 5.03 Å². The Labute approximate surface area is 121 Å². The maximum atomic E-state index is 12.3. The van der Waals surface area contributed by atoms with Crippen LogP contribution in [-0.4, -0.2) is 13.4 Å². The second-order valence-corrected chi connectivity index (χ2v) is 6.09. The molecule has 4 nitrogen and oxygen atoms in total. The Balaban J connectivity index is 2.55. The monoisotopic (exact) mass is 304 g/mol. The molecule has 0 bridgehead atoms. The molecule has 0 atom stereocenters. The fourth-order valence-corrected chi connectivity index (χ4v) is 2.80. The van der Waals surface area contributed by atoms with Crippen LogP contribution in [0.4, 0.5) is 0 Å². The Bertz CT molecular complexity index is 793. The minimum Gasteiger partial charge on any atom is -0.244 e. The van der Waals surface area contributed by atoms with Crippen molar-refractivity contribution in [3.05, 3.63) is 64.2 Å². The van der Waals surface area contributed by atoms with Crippen molar-refractivity contribution in [3.63, 3.8) is 0 Å². The molecule has 100 valence electrons. The van der Waals surface area contributed by atoms with Crippen LogP contribution in [0.1, 0.15) is 5.56 Å². The minimum absolute atomic E-state index is 0.167. The van der Waals surface area contributed by atoms with Gasteiger partial charge in [0.05, 0.1) is 0 Å². The first-order valence-corrected chi connectivity index (χ1v) is 7.44. The maximum absolute atomic E-state index is 12.3. The molecule has 0 saturated carbocycles. The third-order valence-corrected chi connectivity index (χ3v) is 4.43. The van der Waals surface area contributed by atoms with Crippen LogP contribution in [0.15, 0.2) is 58.6 Å². The zero-order chi connectivity index (χ0) is 14.6. The lowest BCUT2D eigenvalue weighted by Gasteiger charge is -2.02. The number of hydrogen-bond donors (Lipinski definition) is 0. The van der Waals surface area contributed by atoms with Crippen molar-refractivity contribution < 1.29 is 8.42 Å². The largest absolute Gasteiger partial charge is 0.244 e. The lowest BCUT2D eigenvalue weighted by atomic mass is 10.2. The van der Waals surface area contributed by atoms with Crippen LogP contribution in [0.5, 0.6) is 0 Å². The second-order valence-electron chi connectivity index (χ2n) is 3.81. The van der Waals surface area contributed by atoms with E-state index in [1.54, 1.807) is 42.5 Å². The van der Waals surface area contributed by atoms with Crippen molar-refractivity contribution in [1.29, 1.82) is 5.26 Å². The number of pyridine rings is 1. The van der Waals surface area contributed by atoms with Gasteiger partial charge >= 0.3 is 0 Å². The number of benzene rings is 1.